The van der Waals surface area contributed by atoms with E-state index in [4.69, 9.17) is 4.74 Å². The number of hydrogen-bond donors (Lipinski definition) is 2. The summed E-state index contributed by atoms with van der Waals surface area (Å²) < 4.78 is 31.7. The van der Waals surface area contributed by atoms with Crippen LogP contribution in [0.25, 0.3) is 0 Å². The molecule has 1 amide bonds. The number of aromatic nitrogens is 1. The molecule has 1 aromatic heterocycles. The Morgan fingerprint density at radius 1 is 1.24 bits per heavy atom. The third kappa shape index (κ3) is 3.92. The molecule has 1 saturated heterocycles. The first-order valence-corrected chi connectivity index (χ1v) is 9.54. The molecule has 1 aliphatic rings. The van der Waals surface area contributed by atoms with E-state index in [0.29, 0.717) is 26.3 Å². The molecule has 0 aliphatic carbocycles. The molecule has 2 aromatic rings. The molecule has 0 spiro atoms. The third-order valence-electron chi connectivity index (χ3n) is 4.16. The van der Waals surface area contributed by atoms with E-state index in [9.17, 15) is 13.2 Å². The third-order valence-corrected chi connectivity index (χ3v) is 6.03. The van der Waals surface area contributed by atoms with Gasteiger partial charge in [0, 0.05) is 19.3 Å². The monoisotopic (exact) mass is 363 g/mol. The summed E-state index contributed by atoms with van der Waals surface area (Å²) in [5.41, 5.74) is 1.19. The molecule has 8 heteroatoms. The van der Waals surface area contributed by atoms with Gasteiger partial charge in [-0.15, -0.1) is 0 Å². The summed E-state index contributed by atoms with van der Waals surface area (Å²) >= 11 is 0. The predicted molar refractivity (Wildman–Crippen MR) is 92.7 cm³/mol. The Kier molecular flexibility index (Phi) is 5.22. The van der Waals surface area contributed by atoms with Crippen LogP contribution < -0.4 is 5.32 Å². The van der Waals surface area contributed by atoms with Crippen molar-refractivity contribution >= 4 is 15.9 Å². The molecule has 1 unspecified atom stereocenters. The van der Waals surface area contributed by atoms with Crippen LogP contribution in [0.2, 0.25) is 0 Å². The van der Waals surface area contributed by atoms with Crippen LogP contribution in [0.3, 0.4) is 0 Å². The Morgan fingerprint density at radius 2 is 1.92 bits per heavy atom. The average Bonchev–Trinajstić information content (AvgIpc) is 3.14. The Balaban J connectivity index is 1.71. The van der Waals surface area contributed by atoms with Crippen LogP contribution in [0, 0.1) is 0 Å². The zero-order chi connectivity index (χ0) is 17.9. The summed E-state index contributed by atoms with van der Waals surface area (Å²) in [6.45, 7) is 3.28. The quantitative estimate of drug-likeness (QED) is 0.843. The molecule has 7 nitrogen and oxygen atoms in total. The number of nitrogens with zero attached hydrogens (tertiary/aromatic N) is 1. The maximum Gasteiger partial charge on any atom is 0.268 e. The van der Waals surface area contributed by atoms with Crippen LogP contribution in [-0.4, -0.2) is 49.9 Å². The van der Waals surface area contributed by atoms with Crippen molar-refractivity contribution in [1.29, 1.82) is 0 Å². The summed E-state index contributed by atoms with van der Waals surface area (Å²) in [6, 6.07) is 10.8. The van der Waals surface area contributed by atoms with Crippen LogP contribution in [0.4, 0.5) is 0 Å². The molecule has 1 aliphatic heterocycles. The van der Waals surface area contributed by atoms with E-state index in [1.807, 2.05) is 37.3 Å². The first-order valence-electron chi connectivity index (χ1n) is 8.10. The van der Waals surface area contributed by atoms with Crippen LogP contribution >= 0.6 is 0 Å². The lowest BCUT2D eigenvalue weighted by molar-refractivity contribution is 0.0730. The van der Waals surface area contributed by atoms with Crippen molar-refractivity contribution < 1.29 is 17.9 Å². The SMILES string of the molecule is CC(NC(=O)c1cc(S(=O)(=O)N2CCOCC2)c[nH]1)c1ccccc1. The van der Waals surface area contributed by atoms with Crippen molar-refractivity contribution in [2.45, 2.75) is 17.9 Å². The van der Waals surface area contributed by atoms with Gasteiger partial charge in [-0.25, -0.2) is 8.42 Å². The van der Waals surface area contributed by atoms with Gasteiger partial charge in [0.2, 0.25) is 10.0 Å². The molecule has 2 N–H and O–H groups in total. The summed E-state index contributed by atoms with van der Waals surface area (Å²) in [6.07, 6.45) is 1.35. The number of carbonyl (C=O) groups is 1. The number of H-pyrrole nitrogens is 1. The van der Waals surface area contributed by atoms with E-state index in [2.05, 4.69) is 10.3 Å². The van der Waals surface area contributed by atoms with E-state index in [-0.39, 0.29) is 22.5 Å². The van der Waals surface area contributed by atoms with Gasteiger partial charge in [-0.2, -0.15) is 4.31 Å². The van der Waals surface area contributed by atoms with Gasteiger partial charge < -0.3 is 15.0 Å². The highest BCUT2D eigenvalue weighted by Gasteiger charge is 2.28. The molecule has 1 fully saturated rings. The van der Waals surface area contributed by atoms with Crippen LogP contribution in [0.15, 0.2) is 47.5 Å². The van der Waals surface area contributed by atoms with Crippen molar-refractivity contribution in [3.8, 4) is 0 Å². The molecule has 25 heavy (non-hydrogen) atoms. The molecule has 0 bridgehead atoms. The number of aromatic amines is 1. The molecule has 0 radical (unpaired) electrons. The van der Waals surface area contributed by atoms with Gasteiger partial charge in [-0.05, 0) is 18.6 Å². The smallest absolute Gasteiger partial charge is 0.268 e. The number of nitrogens with one attached hydrogen (secondary N) is 2. The number of rotatable bonds is 5. The predicted octanol–water partition coefficient (Wildman–Crippen LogP) is 1.53. The van der Waals surface area contributed by atoms with E-state index >= 15 is 0 Å². The summed E-state index contributed by atoms with van der Waals surface area (Å²) in [7, 11) is -3.61. The lowest BCUT2D eigenvalue weighted by atomic mass is 10.1. The largest absolute Gasteiger partial charge is 0.379 e. The first kappa shape index (κ1) is 17.7. The second-order valence-electron chi connectivity index (χ2n) is 5.87. The maximum atomic E-state index is 12.6. The Hall–Kier alpha value is -2.16. The highest BCUT2D eigenvalue weighted by Crippen LogP contribution is 2.19. The number of amides is 1. The minimum atomic E-state index is -3.61. The number of carbonyl (C=O) groups excluding carboxylic acids is 1. The summed E-state index contributed by atoms with van der Waals surface area (Å²) in [4.78, 5) is 15.2. The van der Waals surface area contributed by atoms with Crippen LogP contribution in [0.1, 0.15) is 29.0 Å². The zero-order valence-electron chi connectivity index (χ0n) is 13.9. The zero-order valence-corrected chi connectivity index (χ0v) is 14.8. The second kappa shape index (κ2) is 7.38. The van der Waals surface area contributed by atoms with E-state index in [1.54, 1.807) is 0 Å². The van der Waals surface area contributed by atoms with Gasteiger partial charge in [0.1, 0.15) is 10.6 Å². The van der Waals surface area contributed by atoms with E-state index in [0.717, 1.165) is 5.56 Å². The average molecular weight is 363 g/mol. The molecular weight excluding hydrogens is 342 g/mol. The van der Waals surface area contributed by atoms with Crippen LogP contribution in [0.5, 0.6) is 0 Å². The van der Waals surface area contributed by atoms with E-state index < -0.39 is 10.0 Å². The Morgan fingerprint density at radius 3 is 2.60 bits per heavy atom. The normalized spacial score (nSPS) is 17.2. The van der Waals surface area contributed by atoms with Gasteiger partial charge in [0.05, 0.1) is 19.3 Å². The maximum absolute atomic E-state index is 12.6. The number of benzene rings is 1. The van der Waals surface area contributed by atoms with E-state index in [1.165, 1.54) is 16.6 Å². The molecule has 134 valence electrons. The van der Waals surface area contributed by atoms with Crippen molar-refractivity contribution in [2.75, 3.05) is 26.3 Å². The van der Waals surface area contributed by atoms with Crippen molar-refractivity contribution in [3.63, 3.8) is 0 Å². The molecule has 0 saturated carbocycles. The molecule has 3 rings (SSSR count). The highest BCUT2D eigenvalue weighted by molar-refractivity contribution is 7.89. The first-order chi connectivity index (χ1) is 12.0. The van der Waals surface area contributed by atoms with Crippen molar-refractivity contribution in [2.24, 2.45) is 0 Å². The second-order valence-corrected chi connectivity index (χ2v) is 7.81. The minimum absolute atomic E-state index is 0.0897. The molecule has 1 aromatic carbocycles. The van der Waals surface area contributed by atoms with Crippen molar-refractivity contribution in [1.82, 2.24) is 14.6 Å². The Bertz CT molecular complexity index is 827. The van der Waals surface area contributed by atoms with Crippen LogP contribution in [-0.2, 0) is 14.8 Å². The molecule has 2 heterocycles. The van der Waals surface area contributed by atoms with Gasteiger partial charge in [-0.3, -0.25) is 4.79 Å². The van der Waals surface area contributed by atoms with Gasteiger partial charge >= 0.3 is 0 Å². The van der Waals surface area contributed by atoms with Crippen molar-refractivity contribution in [3.05, 3.63) is 53.9 Å². The molecule has 1 atom stereocenters. The molecular formula is C17H21N3O4S. The summed E-state index contributed by atoms with van der Waals surface area (Å²) in [5, 5.41) is 2.86. The van der Waals surface area contributed by atoms with Gasteiger partial charge in [-0.1, -0.05) is 30.3 Å². The lowest BCUT2D eigenvalue weighted by Gasteiger charge is -2.25. The lowest BCUT2D eigenvalue weighted by Crippen LogP contribution is -2.40. The number of morpholine rings is 1. The number of sulfonamides is 1. The number of ether oxygens (including phenoxy) is 1. The number of hydrogen-bond acceptors (Lipinski definition) is 4. The fourth-order valence-electron chi connectivity index (χ4n) is 2.69. The minimum Gasteiger partial charge on any atom is -0.379 e. The fraction of sp³-hybridized carbons (Fsp3) is 0.353. The highest BCUT2D eigenvalue weighted by atomic mass is 32.2. The van der Waals surface area contributed by atoms with Gasteiger partial charge in [0.25, 0.3) is 5.91 Å². The standard InChI is InChI=1S/C17H21N3O4S/c1-13(14-5-3-2-4-6-14)19-17(21)16-11-15(12-18-16)25(22,23)20-7-9-24-10-8-20/h2-6,11-13,18H,7-10H2,1H3,(H,19,21). The topological polar surface area (TPSA) is 91.5 Å². The fourth-order valence-corrected chi connectivity index (χ4v) is 4.09. The summed E-state index contributed by atoms with van der Waals surface area (Å²) in [5.74, 6) is -0.347. The van der Waals surface area contributed by atoms with Gasteiger partial charge in [0.15, 0.2) is 0 Å². The Labute approximate surface area is 147 Å².